The van der Waals surface area contributed by atoms with Crippen LogP contribution in [0.5, 0.6) is 0 Å². The van der Waals surface area contributed by atoms with Gasteiger partial charge in [0, 0.05) is 28.7 Å². The van der Waals surface area contributed by atoms with E-state index in [1.807, 2.05) is 27.0 Å². The third-order valence-corrected chi connectivity index (χ3v) is 6.90. The van der Waals surface area contributed by atoms with E-state index in [1.165, 1.54) is 18.2 Å². The molecule has 7 nitrogen and oxygen atoms in total. The molecule has 3 rings (SSSR count). The van der Waals surface area contributed by atoms with E-state index in [4.69, 9.17) is 0 Å². The number of nitrogens with one attached hydrogen (secondary N) is 3. The molecule has 0 saturated carbocycles. The maximum Gasteiger partial charge on any atom is 0.271 e. The van der Waals surface area contributed by atoms with Crippen LogP contribution in [0.3, 0.4) is 0 Å². The van der Waals surface area contributed by atoms with Crippen molar-refractivity contribution in [3.8, 4) is 0 Å². The van der Waals surface area contributed by atoms with Crippen LogP contribution in [-0.4, -0.2) is 25.0 Å². The maximum absolute atomic E-state index is 12.3. The Labute approximate surface area is 167 Å². The average Bonchev–Trinajstić information content (AvgIpc) is 3.30. The van der Waals surface area contributed by atoms with Gasteiger partial charge in [-0.25, -0.2) is 13.8 Å². The molecule has 2 heterocycles. The quantitative estimate of drug-likeness (QED) is 0.422. The first kappa shape index (κ1) is 19.8. The zero-order chi connectivity index (χ0) is 20.3. The minimum atomic E-state index is -3.61. The summed E-state index contributed by atoms with van der Waals surface area (Å²) >= 11 is 1.14. The van der Waals surface area contributed by atoms with Crippen molar-refractivity contribution in [2.75, 3.05) is 4.72 Å². The first-order valence-electron chi connectivity index (χ1n) is 8.44. The number of carbonyl (C=O) groups is 1. The lowest BCUT2D eigenvalue weighted by Gasteiger charge is -2.07. The molecule has 3 N–H and O–H groups in total. The Balaban J connectivity index is 1.68. The van der Waals surface area contributed by atoms with Crippen LogP contribution >= 0.6 is 11.3 Å². The molecule has 1 amide bonds. The molecule has 0 saturated heterocycles. The predicted molar refractivity (Wildman–Crippen MR) is 112 cm³/mol. The largest absolute Gasteiger partial charge is 0.364 e. The third kappa shape index (κ3) is 4.32. The van der Waals surface area contributed by atoms with Crippen LogP contribution in [0.2, 0.25) is 0 Å². The Morgan fingerprint density at radius 2 is 1.86 bits per heavy atom. The molecule has 0 atom stereocenters. The van der Waals surface area contributed by atoms with Gasteiger partial charge >= 0.3 is 0 Å². The molecule has 0 aliphatic heterocycles. The number of benzene rings is 1. The van der Waals surface area contributed by atoms with Gasteiger partial charge in [0.15, 0.2) is 0 Å². The molecule has 0 fully saturated rings. The second kappa shape index (κ2) is 7.99. The number of thiophene rings is 1. The lowest BCUT2D eigenvalue weighted by molar-refractivity contribution is 0.0955. The third-order valence-electron chi connectivity index (χ3n) is 4.12. The zero-order valence-corrected chi connectivity index (χ0v) is 17.2. The number of sulfonamides is 1. The Bertz CT molecular complexity index is 1090. The molecule has 146 valence electrons. The van der Waals surface area contributed by atoms with Crippen LogP contribution in [0.15, 0.2) is 57.3 Å². The van der Waals surface area contributed by atoms with E-state index < -0.39 is 10.0 Å². The number of hydrazone groups is 1. The molecule has 2 aromatic heterocycles. The number of hydrogen-bond acceptors (Lipinski definition) is 5. The summed E-state index contributed by atoms with van der Waals surface area (Å²) in [6.45, 7) is 5.74. The number of rotatable bonds is 6. The second-order valence-corrected chi connectivity index (χ2v) is 9.08. The number of H-pyrrole nitrogens is 1. The Kier molecular flexibility index (Phi) is 5.66. The Morgan fingerprint density at radius 1 is 1.14 bits per heavy atom. The lowest BCUT2D eigenvalue weighted by Crippen LogP contribution is -2.19. The highest BCUT2D eigenvalue weighted by molar-refractivity contribution is 7.94. The zero-order valence-electron chi connectivity index (χ0n) is 15.6. The van der Waals surface area contributed by atoms with E-state index in [2.05, 4.69) is 20.2 Å². The summed E-state index contributed by atoms with van der Waals surface area (Å²) in [5.74, 6) is -0.377. The molecule has 9 heteroatoms. The van der Waals surface area contributed by atoms with E-state index in [-0.39, 0.29) is 10.1 Å². The molecule has 0 unspecified atom stereocenters. The minimum Gasteiger partial charge on any atom is -0.364 e. The van der Waals surface area contributed by atoms with Crippen molar-refractivity contribution >= 4 is 38.7 Å². The van der Waals surface area contributed by atoms with Crippen LogP contribution < -0.4 is 10.1 Å². The van der Waals surface area contributed by atoms with Gasteiger partial charge in [0.05, 0.1) is 5.71 Å². The summed E-state index contributed by atoms with van der Waals surface area (Å²) in [5.41, 5.74) is 6.98. The van der Waals surface area contributed by atoms with Crippen molar-refractivity contribution in [2.45, 2.75) is 25.0 Å². The van der Waals surface area contributed by atoms with Crippen LogP contribution in [0.25, 0.3) is 0 Å². The first-order chi connectivity index (χ1) is 13.3. The summed E-state index contributed by atoms with van der Waals surface area (Å²) in [6, 6.07) is 9.36. The van der Waals surface area contributed by atoms with E-state index in [1.54, 1.807) is 23.6 Å². The summed E-state index contributed by atoms with van der Waals surface area (Å²) in [5, 5.41) is 5.86. The summed E-state index contributed by atoms with van der Waals surface area (Å²) < 4.78 is 27.2. The molecule has 0 aliphatic rings. The highest BCUT2D eigenvalue weighted by Crippen LogP contribution is 2.20. The normalized spacial score (nSPS) is 12.0. The molecule has 1 aromatic carbocycles. The van der Waals surface area contributed by atoms with Gasteiger partial charge in [-0.15, -0.1) is 11.3 Å². The highest BCUT2D eigenvalue weighted by atomic mass is 32.2. The fourth-order valence-electron chi connectivity index (χ4n) is 2.78. The van der Waals surface area contributed by atoms with Gasteiger partial charge in [0.25, 0.3) is 15.9 Å². The highest BCUT2D eigenvalue weighted by Gasteiger charge is 2.15. The van der Waals surface area contributed by atoms with E-state index in [0.29, 0.717) is 17.0 Å². The molecular weight excluding hydrogens is 396 g/mol. The number of amides is 1. The van der Waals surface area contributed by atoms with Crippen molar-refractivity contribution in [3.05, 3.63) is 70.4 Å². The summed E-state index contributed by atoms with van der Waals surface area (Å²) in [7, 11) is -3.61. The topological polar surface area (TPSA) is 103 Å². The number of carbonyl (C=O) groups excluding carboxylic acids is 1. The molecule has 0 spiro atoms. The van der Waals surface area contributed by atoms with Gasteiger partial charge in [-0.3, -0.25) is 9.52 Å². The van der Waals surface area contributed by atoms with Gasteiger partial charge in [0.2, 0.25) is 0 Å². The Morgan fingerprint density at radius 3 is 2.43 bits per heavy atom. The molecule has 0 bridgehead atoms. The molecular formula is C19H20N4O3S2. The second-order valence-electron chi connectivity index (χ2n) is 6.22. The molecule has 0 radical (unpaired) electrons. The van der Waals surface area contributed by atoms with Crippen LogP contribution in [0.4, 0.5) is 5.69 Å². The fourth-order valence-corrected chi connectivity index (χ4v) is 4.83. The maximum atomic E-state index is 12.3. The van der Waals surface area contributed by atoms with Crippen LogP contribution in [-0.2, 0) is 10.0 Å². The molecule has 3 aromatic rings. The number of anilines is 1. The number of hydrogen-bond donors (Lipinski definition) is 3. The standard InChI is InChI=1S/C19H20N4O3S2/c1-12-11-20-13(2)18(12)14(3)21-22-19(24)15-6-8-16(9-7-15)23-28(25,26)17-5-4-10-27-17/h4-11,20,23H,1-3H3,(H,22,24)/b21-14+. The Hall–Kier alpha value is -2.91. The first-order valence-corrected chi connectivity index (χ1v) is 10.8. The SMILES string of the molecule is C/C(=N\NC(=O)c1ccc(NS(=O)(=O)c2cccs2)cc1)c1c(C)c[nH]c1C. The fraction of sp³-hybridized carbons (Fsp3) is 0.158. The smallest absolute Gasteiger partial charge is 0.271 e. The minimum absolute atomic E-state index is 0.231. The van der Waals surface area contributed by atoms with Gasteiger partial charge < -0.3 is 4.98 Å². The lowest BCUT2D eigenvalue weighted by atomic mass is 10.1. The number of aromatic nitrogens is 1. The monoisotopic (exact) mass is 416 g/mol. The summed E-state index contributed by atoms with van der Waals surface area (Å²) in [6.07, 6.45) is 1.89. The molecule has 28 heavy (non-hydrogen) atoms. The van der Waals surface area contributed by atoms with Crippen LogP contribution in [0.1, 0.15) is 34.1 Å². The van der Waals surface area contributed by atoms with Crippen molar-refractivity contribution in [1.82, 2.24) is 10.4 Å². The van der Waals surface area contributed by atoms with E-state index in [0.717, 1.165) is 28.2 Å². The van der Waals surface area contributed by atoms with E-state index >= 15 is 0 Å². The average molecular weight is 417 g/mol. The van der Waals surface area contributed by atoms with Gasteiger partial charge in [0.1, 0.15) is 4.21 Å². The predicted octanol–water partition coefficient (Wildman–Crippen LogP) is 3.65. The van der Waals surface area contributed by atoms with Gasteiger partial charge in [-0.2, -0.15) is 5.10 Å². The summed E-state index contributed by atoms with van der Waals surface area (Å²) in [4.78, 5) is 15.4. The number of nitrogens with zero attached hydrogens (tertiary/aromatic N) is 1. The van der Waals surface area contributed by atoms with E-state index in [9.17, 15) is 13.2 Å². The van der Waals surface area contributed by atoms with Crippen molar-refractivity contribution in [2.24, 2.45) is 5.10 Å². The number of aryl methyl sites for hydroxylation is 2. The van der Waals surface area contributed by atoms with Gasteiger partial charge in [-0.1, -0.05) is 6.07 Å². The van der Waals surface area contributed by atoms with Crippen molar-refractivity contribution in [1.29, 1.82) is 0 Å². The number of aromatic amines is 1. The molecule has 0 aliphatic carbocycles. The van der Waals surface area contributed by atoms with Crippen molar-refractivity contribution < 1.29 is 13.2 Å². The van der Waals surface area contributed by atoms with Crippen LogP contribution in [0, 0.1) is 13.8 Å². The van der Waals surface area contributed by atoms with Crippen molar-refractivity contribution in [3.63, 3.8) is 0 Å². The van der Waals surface area contributed by atoms with Gasteiger partial charge in [-0.05, 0) is 62.0 Å².